The van der Waals surface area contributed by atoms with Crippen LogP contribution in [0, 0.1) is 5.92 Å². The molecule has 0 aromatic carbocycles. The van der Waals surface area contributed by atoms with Crippen LogP contribution in [-0.4, -0.2) is 44.6 Å². The summed E-state index contributed by atoms with van der Waals surface area (Å²) in [6, 6.07) is 1.67. The Bertz CT molecular complexity index is 798. The van der Waals surface area contributed by atoms with Crippen LogP contribution in [0.25, 0.3) is 0 Å². The summed E-state index contributed by atoms with van der Waals surface area (Å²) in [6.07, 6.45) is 5.20. The molecule has 0 aliphatic carbocycles. The molecule has 2 aromatic rings. The normalized spacial score (nSPS) is 13.2. The standard InChI is InChI=1S/C17H22N6O2/c1-11(2)8-23(10-12-5-20-22(3)9-12)17(25)13-4-14-16(18-6-13)19-7-15(24)21-14/h4-6,9,11H,7-8,10H2,1-3H3,(H,18,19)(H,21,24). The van der Waals surface area contributed by atoms with Crippen LogP contribution in [-0.2, 0) is 18.4 Å². The van der Waals surface area contributed by atoms with Gasteiger partial charge in [-0.15, -0.1) is 0 Å². The molecule has 0 spiro atoms. The number of nitrogens with zero attached hydrogens (tertiary/aromatic N) is 4. The van der Waals surface area contributed by atoms with Crippen molar-refractivity contribution in [2.75, 3.05) is 23.7 Å². The summed E-state index contributed by atoms with van der Waals surface area (Å²) in [7, 11) is 1.85. The zero-order valence-electron chi connectivity index (χ0n) is 14.6. The molecule has 8 heteroatoms. The molecule has 1 aliphatic rings. The predicted molar refractivity (Wildman–Crippen MR) is 94.1 cm³/mol. The molecular formula is C17H22N6O2. The molecule has 0 saturated carbocycles. The second-order valence-corrected chi connectivity index (χ2v) is 6.62. The highest BCUT2D eigenvalue weighted by Gasteiger charge is 2.22. The molecule has 0 fully saturated rings. The first-order valence-electron chi connectivity index (χ1n) is 8.23. The van der Waals surface area contributed by atoms with E-state index in [1.165, 1.54) is 0 Å². The van der Waals surface area contributed by atoms with Crippen molar-refractivity contribution in [2.45, 2.75) is 20.4 Å². The number of rotatable bonds is 5. The van der Waals surface area contributed by atoms with Crippen molar-refractivity contribution in [3.8, 4) is 0 Å². The third-order valence-electron chi connectivity index (χ3n) is 3.83. The van der Waals surface area contributed by atoms with Crippen LogP contribution in [0.1, 0.15) is 29.8 Å². The molecule has 2 N–H and O–H groups in total. The zero-order valence-corrected chi connectivity index (χ0v) is 14.6. The fourth-order valence-electron chi connectivity index (χ4n) is 2.79. The molecule has 2 aromatic heterocycles. The van der Waals surface area contributed by atoms with E-state index in [9.17, 15) is 9.59 Å². The zero-order chi connectivity index (χ0) is 18.0. The summed E-state index contributed by atoms with van der Waals surface area (Å²) in [5, 5.41) is 9.82. The van der Waals surface area contributed by atoms with E-state index in [1.54, 1.807) is 28.0 Å². The minimum Gasteiger partial charge on any atom is -0.359 e. The summed E-state index contributed by atoms with van der Waals surface area (Å²) in [6.45, 7) is 5.42. The van der Waals surface area contributed by atoms with Gasteiger partial charge < -0.3 is 15.5 Å². The Morgan fingerprint density at radius 3 is 2.88 bits per heavy atom. The number of fused-ring (bicyclic) bond motifs is 1. The number of hydrogen-bond acceptors (Lipinski definition) is 5. The van der Waals surface area contributed by atoms with E-state index in [2.05, 4.69) is 34.6 Å². The molecule has 25 heavy (non-hydrogen) atoms. The quantitative estimate of drug-likeness (QED) is 0.859. The van der Waals surface area contributed by atoms with E-state index in [-0.39, 0.29) is 18.4 Å². The highest BCUT2D eigenvalue weighted by Crippen LogP contribution is 2.24. The van der Waals surface area contributed by atoms with Crippen LogP contribution in [0.2, 0.25) is 0 Å². The number of amides is 2. The number of pyridine rings is 1. The van der Waals surface area contributed by atoms with Crippen LogP contribution in [0.4, 0.5) is 11.5 Å². The van der Waals surface area contributed by atoms with Crippen LogP contribution in [0.3, 0.4) is 0 Å². The monoisotopic (exact) mass is 342 g/mol. The Balaban J connectivity index is 1.84. The summed E-state index contributed by atoms with van der Waals surface area (Å²) in [5.41, 5.74) is 1.96. The summed E-state index contributed by atoms with van der Waals surface area (Å²) in [4.78, 5) is 30.5. The molecule has 0 saturated heterocycles. The average molecular weight is 342 g/mol. The van der Waals surface area contributed by atoms with E-state index < -0.39 is 0 Å². The van der Waals surface area contributed by atoms with Crippen molar-refractivity contribution in [3.63, 3.8) is 0 Å². The van der Waals surface area contributed by atoms with Gasteiger partial charge in [0.1, 0.15) is 5.82 Å². The minimum absolute atomic E-state index is 0.118. The number of nitrogens with one attached hydrogen (secondary N) is 2. The van der Waals surface area contributed by atoms with Gasteiger partial charge >= 0.3 is 0 Å². The lowest BCUT2D eigenvalue weighted by atomic mass is 10.1. The predicted octanol–water partition coefficient (Wildman–Crippen LogP) is 1.48. The summed E-state index contributed by atoms with van der Waals surface area (Å²) >= 11 is 0. The Morgan fingerprint density at radius 2 is 2.20 bits per heavy atom. The van der Waals surface area contributed by atoms with Crippen molar-refractivity contribution in [1.82, 2.24) is 19.7 Å². The molecule has 2 amide bonds. The van der Waals surface area contributed by atoms with Crippen LogP contribution < -0.4 is 10.6 Å². The third kappa shape index (κ3) is 3.96. The summed E-state index contributed by atoms with van der Waals surface area (Å²) < 4.78 is 1.72. The number of aryl methyl sites for hydroxylation is 1. The molecular weight excluding hydrogens is 320 g/mol. The molecule has 0 atom stereocenters. The highest BCUT2D eigenvalue weighted by molar-refractivity contribution is 6.02. The molecule has 3 heterocycles. The van der Waals surface area contributed by atoms with Crippen LogP contribution >= 0.6 is 0 Å². The van der Waals surface area contributed by atoms with Gasteiger partial charge in [0.2, 0.25) is 5.91 Å². The van der Waals surface area contributed by atoms with E-state index >= 15 is 0 Å². The average Bonchev–Trinajstić information content (AvgIpc) is 2.97. The van der Waals surface area contributed by atoms with Crippen molar-refractivity contribution in [1.29, 1.82) is 0 Å². The lowest BCUT2D eigenvalue weighted by Gasteiger charge is -2.25. The molecule has 0 radical (unpaired) electrons. The van der Waals surface area contributed by atoms with Gasteiger partial charge in [-0.3, -0.25) is 14.3 Å². The van der Waals surface area contributed by atoms with E-state index in [4.69, 9.17) is 0 Å². The van der Waals surface area contributed by atoms with E-state index in [1.807, 2.05) is 13.2 Å². The first-order chi connectivity index (χ1) is 11.9. The van der Waals surface area contributed by atoms with Crippen molar-refractivity contribution >= 4 is 23.3 Å². The molecule has 1 aliphatic heterocycles. The highest BCUT2D eigenvalue weighted by atomic mass is 16.2. The molecule has 0 bridgehead atoms. The number of aromatic nitrogens is 3. The van der Waals surface area contributed by atoms with Crippen molar-refractivity contribution < 1.29 is 9.59 Å². The minimum atomic E-state index is -0.145. The first kappa shape index (κ1) is 16.9. The number of carbonyl (C=O) groups excluding carboxylic acids is 2. The van der Waals surface area contributed by atoms with Gasteiger partial charge in [-0.2, -0.15) is 5.10 Å². The van der Waals surface area contributed by atoms with E-state index in [0.29, 0.717) is 36.1 Å². The van der Waals surface area contributed by atoms with E-state index in [0.717, 1.165) is 5.56 Å². The number of hydrogen-bond donors (Lipinski definition) is 2. The Morgan fingerprint density at radius 1 is 1.40 bits per heavy atom. The maximum absolute atomic E-state index is 13.0. The van der Waals surface area contributed by atoms with Gasteiger partial charge in [0.25, 0.3) is 5.91 Å². The largest absolute Gasteiger partial charge is 0.359 e. The topological polar surface area (TPSA) is 92.2 Å². The fraction of sp³-hybridized carbons (Fsp3) is 0.412. The SMILES string of the molecule is CC(C)CN(Cc1cnn(C)c1)C(=O)c1cnc2c(c1)NC(=O)CN2. The smallest absolute Gasteiger partial charge is 0.255 e. The second-order valence-electron chi connectivity index (χ2n) is 6.62. The third-order valence-corrected chi connectivity index (χ3v) is 3.83. The summed E-state index contributed by atoms with van der Waals surface area (Å²) in [5.74, 6) is 0.646. The van der Waals surface area contributed by atoms with Crippen LogP contribution in [0.15, 0.2) is 24.7 Å². The lowest BCUT2D eigenvalue weighted by Crippen LogP contribution is -2.34. The van der Waals surface area contributed by atoms with Crippen LogP contribution in [0.5, 0.6) is 0 Å². The second kappa shape index (κ2) is 6.92. The maximum atomic E-state index is 13.0. The number of anilines is 2. The number of carbonyl (C=O) groups is 2. The Hall–Kier alpha value is -2.90. The van der Waals surface area contributed by atoms with Gasteiger partial charge in [0.15, 0.2) is 0 Å². The fourth-order valence-corrected chi connectivity index (χ4v) is 2.79. The van der Waals surface area contributed by atoms with Gasteiger partial charge in [0, 0.05) is 38.1 Å². The molecule has 132 valence electrons. The molecule has 8 nitrogen and oxygen atoms in total. The van der Waals surface area contributed by atoms with Gasteiger partial charge in [-0.05, 0) is 12.0 Å². The van der Waals surface area contributed by atoms with Crippen molar-refractivity contribution in [2.24, 2.45) is 13.0 Å². The maximum Gasteiger partial charge on any atom is 0.255 e. The Kier molecular flexibility index (Phi) is 4.69. The van der Waals surface area contributed by atoms with Gasteiger partial charge in [-0.25, -0.2) is 4.98 Å². The molecule has 3 rings (SSSR count). The van der Waals surface area contributed by atoms with Crippen molar-refractivity contribution in [3.05, 3.63) is 35.8 Å². The lowest BCUT2D eigenvalue weighted by molar-refractivity contribution is -0.114. The molecule has 0 unspecified atom stereocenters. The Labute approximate surface area is 146 Å². The van der Waals surface area contributed by atoms with Gasteiger partial charge in [-0.1, -0.05) is 13.8 Å². The first-order valence-corrected chi connectivity index (χ1v) is 8.23. The van der Waals surface area contributed by atoms with Gasteiger partial charge in [0.05, 0.1) is 24.0 Å².